The molecule has 1 aliphatic rings. The van der Waals surface area contributed by atoms with Gasteiger partial charge in [-0.1, -0.05) is 32.3 Å². The van der Waals surface area contributed by atoms with E-state index in [0.29, 0.717) is 0 Å². The average Bonchev–Trinajstić information content (AvgIpc) is 2.20. The van der Waals surface area contributed by atoms with E-state index in [9.17, 15) is 4.79 Å². The van der Waals surface area contributed by atoms with Crippen molar-refractivity contribution in [3.63, 3.8) is 0 Å². The van der Waals surface area contributed by atoms with Gasteiger partial charge in [-0.25, -0.2) is 4.79 Å². The van der Waals surface area contributed by atoms with E-state index in [1.165, 1.54) is 19.3 Å². The Bertz CT molecular complexity index is 255. The van der Waals surface area contributed by atoms with Crippen molar-refractivity contribution in [2.75, 3.05) is 0 Å². The Balaban J connectivity index is 2.37. The minimum atomic E-state index is -0.246. The van der Waals surface area contributed by atoms with Crippen molar-refractivity contribution in [1.29, 1.82) is 0 Å². The second kappa shape index (κ2) is 5.34. The van der Waals surface area contributed by atoms with Crippen LogP contribution in [0.25, 0.3) is 0 Å². The third-order valence-corrected chi connectivity index (χ3v) is 3.06. The molecule has 15 heavy (non-hydrogen) atoms. The molecule has 0 bridgehead atoms. The molecular formula is C13H22O2. The summed E-state index contributed by atoms with van der Waals surface area (Å²) in [4.78, 5) is 11.4. The van der Waals surface area contributed by atoms with Crippen molar-refractivity contribution in [2.24, 2.45) is 0 Å². The summed E-state index contributed by atoms with van der Waals surface area (Å²) in [5.41, 5.74) is 0.505. The van der Waals surface area contributed by atoms with E-state index in [1.54, 1.807) is 0 Å². The molecule has 0 saturated carbocycles. The van der Waals surface area contributed by atoms with Gasteiger partial charge in [-0.2, -0.15) is 0 Å². The van der Waals surface area contributed by atoms with Crippen LogP contribution >= 0.6 is 0 Å². The topological polar surface area (TPSA) is 26.3 Å². The van der Waals surface area contributed by atoms with Gasteiger partial charge in [0.25, 0.3) is 0 Å². The normalized spacial score (nSPS) is 26.1. The highest BCUT2D eigenvalue weighted by Crippen LogP contribution is 2.29. The fourth-order valence-electron chi connectivity index (χ4n) is 1.88. The molecule has 1 rings (SSSR count). The Morgan fingerprint density at radius 1 is 1.40 bits per heavy atom. The lowest BCUT2D eigenvalue weighted by atomic mass is 9.91. The summed E-state index contributed by atoms with van der Waals surface area (Å²) in [6, 6.07) is 0. The number of carbonyl (C=O) groups excluding carboxylic acids is 1. The van der Waals surface area contributed by atoms with Gasteiger partial charge in [0.15, 0.2) is 0 Å². The van der Waals surface area contributed by atoms with Crippen LogP contribution in [0.15, 0.2) is 11.6 Å². The van der Waals surface area contributed by atoms with Crippen molar-refractivity contribution >= 4 is 5.97 Å². The molecule has 1 unspecified atom stereocenters. The zero-order valence-electron chi connectivity index (χ0n) is 10.1. The molecule has 0 spiro atoms. The predicted octanol–water partition coefficient (Wildman–Crippen LogP) is 3.61. The zero-order valence-corrected chi connectivity index (χ0v) is 10.1. The summed E-state index contributed by atoms with van der Waals surface area (Å²) in [6.07, 6.45) is 8.79. The SMILES string of the molecule is CCCCCCC1(C)CC=C(C)C(=O)O1. The monoisotopic (exact) mass is 210 g/mol. The summed E-state index contributed by atoms with van der Waals surface area (Å²) < 4.78 is 5.46. The molecule has 2 heteroatoms. The number of cyclic esters (lactones) is 1. The average molecular weight is 210 g/mol. The molecule has 0 saturated heterocycles. The lowest BCUT2D eigenvalue weighted by Gasteiger charge is -2.32. The molecular weight excluding hydrogens is 188 g/mol. The Morgan fingerprint density at radius 2 is 2.13 bits per heavy atom. The van der Waals surface area contributed by atoms with Crippen LogP contribution in [-0.4, -0.2) is 11.6 Å². The fourth-order valence-corrected chi connectivity index (χ4v) is 1.88. The van der Waals surface area contributed by atoms with Crippen LogP contribution in [0.2, 0.25) is 0 Å². The summed E-state index contributed by atoms with van der Waals surface area (Å²) in [5.74, 6) is -0.140. The largest absolute Gasteiger partial charge is 0.456 e. The summed E-state index contributed by atoms with van der Waals surface area (Å²) in [5, 5.41) is 0. The quantitative estimate of drug-likeness (QED) is 0.512. The first kappa shape index (κ1) is 12.3. The summed E-state index contributed by atoms with van der Waals surface area (Å²) in [7, 11) is 0. The van der Waals surface area contributed by atoms with Gasteiger partial charge in [-0.3, -0.25) is 0 Å². The Labute approximate surface area is 92.7 Å². The van der Waals surface area contributed by atoms with Crippen molar-refractivity contribution in [1.82, 2.24) is 0 Å². The van der Waals surface area contributed by atoms with Gasteiger partial charge in [0.1, 0.15) is 5.60 Å². The minimum Gasteiger partial charge on any atom is -0.456 e. The minimum absolute atomic E-state index is 0.140. The van der Waals surface area contributed by atoms with E-state index in [1.807, 2.05) is 19.9 Å². The van der Waals surface area contributed by atoms with Crippen LogP contribution in [0.4, 0.5) is 0 Å². The van der Waals surface area contributed by atoms with Gasteiger partial charge < -0.3 is 4.74 Å². The standard InChI is InChI=1S/C13H22O2/c1-4-5-6-7-9-13(3)10-8-11(2)12(14)15-13/h8H,4-7,9-10H2,1-3H3. The van der Waals surface area contributed by atoms with Crippen LogP contribution in [0, 0.1) is 0 Å². The lowest BCUT2D eigenvalue weighted by molar-refractivity contribution is -0.155. The molecule has 0 aromatic heterocycles. The number of rotatable bonds is 5. The smallest absolute Gasteiger partial charge is 0.333 e. The first-order chi connectivity index (χ1) is 7.07. The molecule has 0 fully saturated rings. The summed E-state index contributed by atoms with van der Waals surface area (Å²) >= 11 is 0. The van der Waals surface area contributed by atoms with Crippen molar-refractivity contribution < 1.29 is 9.53 Å². The Morgan fingerprint density at radius 3 is 2.73 bits per heavy atom. The maximum atomic E-state index is 11.4. The number of unbranched alkanes of at least 4 members (excludes halogenated alkanes) is 3. The molecule has 1 heterocycles. The summed E-state index contributed by atoms with van der Waals surface area (Å²) in [6.45, 7) is 6.06. The first-order valence-electron chi connectivity index (χ1n) is 5.97. The highest BCUT2D eigenvalue weighted by atomic mass is 16.6. The maximum absolute atomic E-state index is 11.4. The molecule has 0 aromatic rings. The van der Waals surface area contributed by atoms with Crippen molar-refractivity contribution in [3.05, 3.63) is 11.6 Å². The Kier molecular flexibility index (Phi) is 4.37. The van der Waals surface area contributed by atoms with Gasteiger partial charge in [-0.05, 0) is 26.7 Å². The van der Waals surface area contributed by atoms with E-state index in [4.69, 9.17) is 4.74 Å². The van der Waals surface area contributed by atoms with Gasteiger partial charge in [0.05, 0.1) is 0 Å². The number of carbonyl (C=O) groups is 1. The molecule has 0 N–H and O–H groups in total. The van der Waals surface area contributed by atoms with Crippen molar-refractivity contribution in [3.8, 4) is 0 Å². The van der Waals surface area contributed by atoms with E-state index in [-0.39, 0.29) is 11.6 Å². The number of hydrogen-bond acceptors (Lipinski definition) is 2. The molecule has 0 amide bonds. The number of hydrogen-bond donors (Lipinski definition) is 0. The lowest BCUT2D eigenvalue weighted by Crippen LogP contribution is -2.34. The van der Waals surface area contributed by atoms with Crippen LogP contribution < -0.4 is 0 Å². The van der Waals surface area contributed by atoms with Crippen molar-refractivity contribution in [2.45, 2.75) is 64.9 Å². The number of esters is 1. The highest BCUT2D eigenvalue weighted by Gasteiger charge is 2.31. The molecule has 86 valence electrons. The highest BCUT2D eigenvalue weighted by molar-refractivity contribution is 5.88. The Hall–Kier alpha value is -0.790. The van der Waals surface area contributed by atoms with Gasteiger partial charge in [-0.15, -0.1) is 0 Å². The van der Waals surface area contributed by atoms with E-state index < -0.39 is 0 Å². The van der Waals surface area contributed by atoms with Gasteiger partial charge >= 0.3 is 5.97 Å². The van der Waals surface area contributed by atoms with Crippen LogP contribution in [0.1, 0.15) is 59.3 Å². The van der Waals surface area contributed by atoms with E-state index in [0.717, 1.165) is 24.8 Å². The fraction of sp³-hybridized carbons (Fsp3) is 0.769. The van der Waals surface area contributed by atoms with Crippen LogP contribution in [-0.2, 0) is 9.53 Å². The predicted molar refractivity (Wildman–Crippen MR) is 61.6 cm³/mol. The third kappa shape index (κ3) is 3.69. The van der Waals surface area contributed by atoms with Gasteiger partial charge in [0.2, 0.25) is 0 Å². The first-order valence-corrected chi connectivity index (χ1v) is 5.97. The molecule has 1 atom stereocenters. The molecule has 2 nitrogen and oxygen atoms in total. The molecule has 0 aromatic carbocycles. The van der Waals surface area contributed by atoms with Crippen LogP contribution in [0.5, 0.6) is 0 Å². The molecule has 0 aliphatic carbocycles. The molecule has 0 radical (unpaired) electrons. The number of ether oxygens (including phenoxy) is 1. The van der Waals surface area contributed by atoms with E-state index in [2.05, 4.69) is 6.92 Å². The second-order valence-electron chi connectivity index (χ2n) is 4.74. The molecule has 1 aliphatic heterocycles. The zero-order chi connectivity index (χ0) is 11.3. The third-order valence-electron chi connectivity index (χ3n) is 3.06. The maximum Gasteiger partial charge on any atom is 0.333 e. The van der Waals surface area contributed by atoms with Crippen LogP contribution in [0.3, 0.4) is 0 Å². The second-order valence-corrected chi connectivity index (χ2v) is 4.74. The van der Waals surface area contributed by atoms with E-state index >= 15 is 0 Å². The van der Waals surface area contributed by atoms with Gasteiger partial charge in [0, 0.05) is 12.0 Å².